The standard InChI is InChI=1S/C10H8F2N4O2/c11-7-1-5(2-8(12)9(7)16-13)10(17)15-6-3-14-18-4-6/h1-4,16H,13H2,(H,15,17). The van der Waals surface area contributed by atoms with Crippen molar-refractivity contribution >= 4 is 17.3 Å². The van der Waals surface area contributed by atoms with E-state index in [1.54, 1.807) is 0 Å². The highest BCUT2D eigenvalue weighted by atomic mass is 19.1. The number of aromatic nitrogens is 1. The number of nitrogens with one attached hydrogen (secondary N) is 2. The molecule has 0 radical (unpaired) electrons. The van der Waals surface area contributed by atoms with Gasteiger partial charge in [0.1, 0.15) is 17.6 Å². The number of halogens is 2. The van der Waals surface area contributed by atoms with Crippen molar-refractivity contribution in [2.45, 2.75) is 0 Å². The Labute approximate surface area is 99.7 Å². The second kappa shape index (κ2) is 4.80. The van der Waals surface area contributed by atoms with E-state index in [2.05, 4.69) is 15.0 Å². The summed E-state index contributed by atoms with van der Waals surface area (Å²) in [7, 11) is 0. The second-order valence-corrected chi connectivity index (χ2v) is 3.33. The molecule has 94 valence electrons. The number of benzene rings is 1. The van der Waals surface area contributed by atoms with Gasteiger partial charge in [0.25, 0.3) is 5.91 Å². The minimum absolute atomic E-state index is 0.190. The molecule has 2 rings (SSSR count). The van der Waals surface area contributed by atoms with Crippen LogP contribution < -0.4 is 16.6 Å². The molecule has 1 heterocycles. The van der Waals surface area contributed by atoms with Gasteiger partial charge in [0.2, 0.25) is 0 Å². The molecule has 6 nitrogen and oxygen atoms in total. The summed E-state index contributed by atoms with van der Waals surface area (Å²) in [6.07, 6.45) is 2.43. The molecule has 1 amide bonds. The maximum atomic E-state index is 13.4. The van der Waals surface area contributed by atoms with Crippen LogP contribution >= 0.6 is 0 Å². The summed E-state index contributed by atoms with van der Waals surface area (Å²) in [6, 6.07) is 1.72. The average Bonchev–Trinajstić information content (AvgIpc) is 2.81. The molecule has 4 N–H and O–H groups in total. The molecule has 0 aliphatic rings. The zero-order valence-corrected chi connectivity index (χ0v) is 8.91. The molecule has 0 saturated carbocycles. The Balaban J connectivity index is 2.26. The van der Waals surface area contributed by atoms with Crippen LogP contribution in [0.3, 0.4) is 0 Å². The van der Waals surface area contributed by atoms with E-state index in [1.165, 1.54) is 12.5 Å². The van der Waals surface area contributed by atoms with Crippen molar-refractivity contribution in [1.82, 2.24) is 5.16 Å². The molecule has 0 aliphatic heterocycles. The van der Waals surface area contributed by atoms with E-state index in [0.717, 1.165) is 12.1 Å². The fourth-order valence-corrected chi connectivity index (χ4v) is 1.31. The number of amides is 1. The molecular formula is C10H8F2N4O2. The molecule has 0 aliphatic carbocycles. The number of carbonyl (C=O) groups is 1. The first-order valence-electron chi connectivity index (χ1n) is 4.78. The van der Waals surface area contributed by atoms with Crippen molar-refractivity contribution in [1.29, 1.82) is 0 Å². The lowest BCUT2D eigenvalue weighted by Gasteiger charge is -2.07. The van der Waals surface area contributed by atoms with E-state index in [-0.39, 0.29) is 11.3 Å². The Morgan fingerprint density at radius 2 is 2.00 bits per heavy atom. The molecule has 1 aromatic carbocycles. The van der Waals surface area contributed by atoms with E-state index in [9.17, 15) is 13.6 Å². The van der Waals surface area contributed by atoms with Gasteiger partial charge in [-0.2, -0.15) is 0 Å². The van der Waals surface area contributed by atoms with Crippen molar-refractivity contribution in [2.24, 2.45) is 5.84 Å². The first-order valence-corrected chi connectivity index (χ1v) is 4.78. The zero-order valence-electron chi connectivity index (χ0n) is 8.91. The SMILES string of the molecule is NNc1c(F)cc(C(=O)Nc2cnoc2)cc1F. The van der Waals surface area contributed by atoms with Gasteiger partial charge in [-0.1, -0.05) is 5.16 Å². The number of anilines is 2. The first-order chi connectivity index (χ1) is 8.61. The topological polar surface area (TPSA) is 93.2 Å². The number of hydrogen-bond acceptors (Lipinski definition) is 5. The molecule has 18 heavy (non-hydrogen) atoms. The van der Waals surface area contributed by atoms with Crippen molar-refractivity contribution in [3.8, 4) is 0 Å². The monoisotopic (exact) mass is 254 g/mol. The van der Waals surface area contributed by atoms with Crippen molar-refractivity contribution in [3.05, 3.63) is 41.8 Å². The average molecular weight is 254 g/mol. The Morgan fingerprint density at radius 3 is 2.50 bits per heavy atom. The van der Waals surface area contributed by atoms with Gasteiger partial charge < -0.3 is 15.3 Å². The number of rotatable bonds is 3. The molecule has 0 bridgehead atoms. The predicted molar refractivity (Wildman–Crippen MR) is 58.6 cm³/mol. The largest absolute Gasteiger partial charge is 0.363 e. The number of hydrazine groups is 1. The molecule has 0 fully saturated rings. The third-order valence-corrected chi connectivity index (χ3v) is 2.14. The number of carbonyl (C=O) groups excluding carboxylic acids is 1. The zero-order chi connectivity index (χ0) is 13.1. The first kappa shape index (κ1) is 12.0. The predicted octanol–water partition coefficient (Wildman–Crippen LogP) is 1.49. The molecular weight excluding hydrogens is 246 g/mol. The van der Waals surface area contributed by atoms with Crippen LogP contribution in [0.5, 0.6) is 0 Å². The van der Waals surface area contributed by atoms with Crippen LogP contribution in [0.4, 0.5) is 20.2 Å². The summed E-state index contributed by atoms with van der Waals surface area (Å²) in [5.74, 6) is 2.31. The normalized spacial score (nSPS) is 10.2. The Kier molecular flexibility index (Phi) is 3.20. The lowest BCUT2D eigenvalue weighted by molar-refractivity contribution is 0.102. The van der Waals surface area contributed by atoms with Gasteiger partial charge in [-0.25, -0.2) is 8.78 Å². The maximum absolute atomic E-state index is 13.4. The Bertz CT molecular complexity index is 548. The van der Waals surface area contributed by atoms with Crippen LogP contribution in [-0.4, -0.2) is 11.1 Å². The summed E-state index contributed by atoms with van der Waals surface area (Å²) < 4.78 is 31.2. The highest BCUT2D eigenvalue weighted by Crippen LogP contribution is 2.20. The van der Waals surface area contributed by atoms with Gasteiger partial charge >= 0.3 is 0 Å². The molecule has 0 unspecified atom stereocenters. The fraction of sp³-hybridized carbons (Fsp3) is 0. The van der Waals surface area contributed by atoms with Gasteiger partial charge in [0.05, 0.1) is 6.20 Å². The molecule has 1 aromatic heterocycles. The van der Waals surface area contributed by atoms with Gasteiger partial charge in [0.15, 0.2) is 11.6 Å². The lowest BCUT2D eigenvalue weighted by atomic mass is 10.1. The summed E-state index contributed by atoms with van der Waals surface area (Å²) in [6.45, 7) is 0. The minimum Gasteiger partial charge on any atom is -0.363 e. The van der Waals surface area contributed by atoms with Crippen LogP contribution in [-0.2, 0) is 0 Å². The number of nitrogen functional groups attached to an aromatic ring is 1. The molecule has 0 saturated heterocycles. The summed E-state index contributed by atoms with van der Waals surface area (Å²) >= 11 is 0. The van der Waals surface area contributed by atoms with Crippen molar-refractivity contribution in [2.75, 3.05) is 10.7 Å². The quantitative estimate of drug-likeness (QED) is 0.570. The van der Waals surface area contributed by atoms with Crippen LogP contribution in [0.25, 0.3) is 0 Å². The van der Waals surface area contributed by atoms with Gasteiger partial charge in [-0.3, -0.25) is 10.6 Å². The van der Waals surface area contributed by atoms with Crippen LogP contribution in [0.1, 0.15) is 10.4 Å². The third kappa shape index (κ3) is 2.28. The van der Waals surface area contributed by atoms with E-state index in [1.807, 2.05) is 5.43 Å². The van der Waals surface area contributed by atoms with Crippen molar-refractivity contribution < 1.29 is 18.1 Å². The number of nitrogens with two attached hydrogens (primary N) is 1. The molecule has 8 heteroatoms. The van der Waals surface area contributed by atoms with Crippen LogP contribution in [0.2, 0.25) is 0 Å². The van der Waals surface area contributed by atoms with Crippen molar-refractivity contribution in [3.63, 3.8) is 0 Å². The van der Waals surface area contributed by atoms with Gasteiger partial charge in [-0.05, 0) is 12.1 Å². The Morgan fingerprint density at radius 1 is 1.33 bits per heavy atom. The van der Waals surface area contributed by atoms with Gasteiger partial charge in [0, 0.05) is 5.56 Å². The van der Waals surface area contributed by atoms with E-state index >= 15 is 0 Å². The summed E-state index contributed by atoms with van der Waals surface area (Å²) in [5, 5.41) is 5.72. The van der Waals surface area contributed by atoms with E-state index < -0.39 is 23.2 Å². The molecule has 0 spiro atoms. The lowest BCUT2D eigenvalue weighted by Crippen LogP contribution is -2.15. The summed E-state index contributed by atoms with van der Waals surface area (Å²) in [5.41, 5.74) is 1.46. The van der Waals surface area contributed by atoms with E-state index in [4.69, 9.17) is 5.84 Å². The highest BCUT2D eigenvalue weighted by Gasteiger charge is 2.15. The third-order valence-electron chi connectivity index (χ3n) is 2.14. The minimum atomic E-state index is -0.965. The highest BCUT2D eigenvalue weighted by molar-refractivity contribution is 6.04. The number of hydrogen-bond donors (Lipinski definition) is 3. The number of nitrogens with zero attached hydrogens (tertiary/aromatic N) is 1. The van der Waals surface area contributed by atoms with E-state index in [0.29, 0.717) is 0 Å². The van der Waals surface area contributed by atoms with Crippen LogP contribution in [0, 0.1) is 11.6 Å². The summed E-state index contributed by atoms with van der Waals surface area (Å²) in [4.78, 5) is 11.7. The van der Waals surface area contributed by atoms with Crippen LogP contribution in [0.15, 0.2) is 29.1 Å². The molecule has 2 aromatic rings. The fourth-order valence-electron chi connectivity index (χ4n) is 1.31. The molecule has 0 atom stereocenters. The Hall–Kier alpha value is -2.48. The van der Waals surface area contributed by atoms with Gasteiger partial charge in [-0.15, -0.1) is 0 Å². The maximum Gasteiger partial charge on any atom is 0.256 e. The second-order valence-electron chi connectivity index (χ2n) is 3.33. The smallest absolute Gasteiger partial charge is 0.256 e.